The van der Waals surface area contributed by atoms with Crippen LogP contribution in [0.15, 0.2) is 24.0 Å². The molecule has 1 saturated carbocycles. The summed E-state index contributed by atoms with van der Waals surface area (Å²) in [6.45, 7) is 6.55. The zero-order chi connectivity index (χ0) is 16.9. The van der Waals surface area contributed by atoms with Gasteiger partial charge in [-0.3, -0.25) is 0 Å². The quantitative estimate of drug-likeness (QED) is 0.738. The number of aliphatic hydroxyl groups excluding tert-OH is 1. The van der Waals surface area contributed by atoms with Gasteiger partial charge in [0.05, 0.1) is 17.9 Å². The highest BCUT2D eigenvalue weighted by Crippen LogP contribution is 2.70. The van der Waals surface area contributed by atoms with Crippen LogP contribution in [0.3, 0.4) is 0 Å². The average Bonchev–Trinajstić information content (AvgIpc) is 2.90. The first-order chi connectivity index (χ1) is 10.8. The third-order valence-electron chi connectivity index (χ3n) is 7.24. The van der Waals surface area contributed by atoms with E-state index in [0.717, 1.165) is 25.7 Å². The highest BCUT2D eigenvalue weighted by molar-refractivity contribution is 5.29. The lowest BCUT2D eigenvalue weighted by Gasteiger charge is -2.60. The Morgan fingerprint density at radius 3 is 2.65 bits per heavy atom. The van der Waals surface area contributed by atoms with E-state index in [2.05, 4.69) is 45.1 Å². The Morgan fingerprint density at radius 1 is 1.26 bits per heavy atom. The molecule has 3 aliphatic carbocycles. The van der Waals surface area contributed by atoms with Crippen LogP contribution in [-0.2, 0) is 0 Å². The van der Waals surface area contributed by atoms with Crippen LogP contribution in [0.25, 0.3) is 0 Å². The van der Waals surface area contributed by atoms with Gasteiger partial charge in [0, 0.05) is 17.8 Å². The molecular formula is C20H26N2O. The molecular weight excluding hydrogens is 284 g/mol. The summed E-state index contributed by atoms with van der Waals surface area (Å²) < 4.78 is 0. The fourth-order valence-corrected chi connectivity index (χ4v) is 5.94. The van der Waals surface area contributed by atoms with E-state index in [1.807, 2.05) is 6.08 Å². The summed E-state index contributed by atoms with van der Waals surface area (Å²) in [6, 6.07) is 4.81. The number of hydrogen-bond donors (Lipinski definition) is 1. The Balaban J connectivity index is 2.13. The third-order valence-corrected chi connectivity index (χ3v) is 7.24. The molecule has 3 heteroatoms. The molecule has 0 aromatic rings. The Kier molecular flexibility index (Phi) is 3.60. The van der Waals surface area contributed by atoms with Gasteiger partial charge in [0.2, 0.25) is 0 Å². The average molecular weight is 310 g/mol. The molecule has 1 N–H and O–H groups in total. The van der Waals surface area contributed by atoms with Crippen molar-refractivity contribution in [2.45, 2.75) is 52.9 Å². The van der Waals surface area contributed by atoms with Gasteiger partial charge in [-0.1, -0.05) is 32.9 Å². The molecule has 0 radical (unpaired) electrons. The minimum Gasteiger partial charge on any atom is -0.512 e. The van der Waals surface area contributed by atoms with Crippen LogP contribution < -0.4 is 0 Å². The maximum atomic E-state index is 10.4. The number of nitriles is 2. The highest BCUT2D eigenvalue weighted by atomic mass is 16.3. The van der Waals surface area contributed by atoms with Crippen molar-refractivity contribution in [1.82, 2.24) is 0 Å². The molecule has 3 rings (SSSR count). The van der Waals surface area contributed by atoms with Gasteiger partial charge in [0.25, 0.3) is 0 Å². The molecule has 3 aliphatic rings. The number of nitrogens with zero attached hydrogens (tertiary/aromatic N) is 2. The maximum absolute atomic E-state index is 10.4. The summed E-state index contributed by atoms with van der Waals surface area (Å²) in [5.74, 6) is 1.19. The van der Waals surface area contributed by atoms with Gasteiger partial charge in [0.1, 0.15) is 0 Å². The molecule has 5 atom stereocenters. The van der Waals surface area contributed by atoms with Gasteiger partial charge in [-0.2, -0.15) is 10.5 Å². The largest absolute Gasteiger partial charge is 0.512 e. The Bertz CT molecular complexity index is 648. The fraction of sp³-hybridized carbons (Fsp3) is 0.700. The number of aliphatic hydroxyl groups is 1. The first-order valence-electron chi connectivity index (χ1n) is 8.66. The van der Waals surface area contributed by atoms with E-state index in [4.69, 9.17) is 0 Å². The summed E-state index contributed by atoms with van der Waals surface area (Å²) >= 11 is 0. The van der Waals surface area contributed by atoms with Crippen molar-refractivity contribution in [1.29, 1.82) is 10.5 Å². The van der Waals surface area contributed by atoms with Crippen molar-refractivity contribution < 1.29 is 5.11 Å². The lowest BCUT2D eigenvalue weighted by Crippen LogP contribution is -2.54. The number of rotatable bonds is 2. The van der Waals surface area contributed by atoms with Crippen LogP contribution in [0.4, 0.5) is 0 Å². The zero-order valence-corrected chi connectivity index (χ0v) is 14.3. The van der Waals surface area contributed by atoms with Gasteiger partial charge >= 0.3 is 0 Å². The van der Waals surface area contributed by atoms with Crippen LogP contribution in [0, 0.1) is 56.7 Å². The first kappa shape index (κ1) is 16.1. The first-order valence-corrected chi connectivity index (χ1v) is 8.66. The molecule has 1 unspecified atom stereocenters. The fourth-order valence-electron chi connectivity index (χ4n) is 5.94. The highest BCUT2D eigenvalue weighted by Gasteiger charge is 2.63. The predicted molar refractivity (Wildman–Crippen MR) is 89.0 cm³/mol. The SMILES string of the molecule is CC1(C)C(O)=CC[C@@]2(C)C1C=C[C@H]1C[C@@H](C#N)C[C@]12CCC#N. The zero-order valence-electron chi connectivity index (χ0n) is 14.3. The van der Waals surface area contributed by atoms with Crippen LogP contribution in [0.5, 0.6) is 0 Å². The predicted octanol–water partition coefficient (Wildman–Crippen LogP) is 4.89. The van der Waals surface area contributed by atoms with Crippen LogP contribution >= 0.6 is 0 Å². The Morgan fingerprint density at radius 2 is 2.00 bits per heavy atom. The number of allylic oxidation sites excluding steroid dienone is 4. The van der Waals surface area contributed by atoms with Crippen molar-refractivity contribution in [2.24, 2.45) is 34.0 Å². The maximum Gasteiger partial charge on any atom is 0.0945 e. The Labute approximate surface area is 139 Å². The molecule has 0 saturated heterocycles. The summed E-state index contributed by atoms with van der Waals surface area (Å²) in [7, 11) is 0. The van der Waals surface area contributed by atoms with E-state index in [1.165, 1.54) is 0 Å². The van der Waals surface area contributed by atoms with Crippen molar-refractivity contribution in [3.05, 3.63) is 24.0 Å². The van der Waals surface area contributed by atoms with Gasteiger partial charge < -0.3 is 5.11 Å². The van der Waals surface area contributed by atoms with E-state index < -0.39 is 0 Å². The van der Waals surface area contributed by atoms with E-state index >= 15 is 0 Å². The molecule has 0 spiro atoms. The molecule has 122 valence electrons. The summed E-state index contributed by atoms with van der Waals surface area (Å²) in [5, 5.41) is 29.1. The molecule has 0 amide bonds. The molecule has 0 aromatic carbocycles. The van der Waals surface area contributed by atoms with Crippen molar-refractivity contribution in [3.8, 4) is 12.1 Å². The second kappa shape index (κ2) is 5.13. The number of fused-ring (bicyclic) bond motifs is 3. The molecule has 3 nitrogen and oxygen atoms in total. The lowest BCUT2D eigenvalue weighted by atomic mass is 9.43. The minimum absolute atomic E-state index is 0.00296. The molecule has 1 fully saturated rings. The molecule has 0 heterocycles. The van der Waals surface area contributed by atoms with Gasteiger partial charge in [0.15, 0.2) is 0 Å². The molecule has 23 heavy (non-hydrogen) atoms. The van der Waals surface area contributed by atoms with Gasteiger partial charge in [-0.25, -0.2) is 0 Å². The summed E-state index contributed by atoms with van der Waals surface area (Å²) in [6.07, 6.45) is 10.6. The smallest absolute Gasteiger partial charge is 0.0945 e. The topological polar surface area (TPSA) is 67.8 Å². The van der Waals surface area contributed by atoms with E-state index in [-0.39, 0.29) is 28.1 Å². The lowest BCUT2D eigenvalue weighted by molar-refractivity contribution is -0.0760. The normalized spacial score (nSPS) is 43.7. The standard InChI is InChI=1S/C20H26N2O/c1-18(2)16-6-5-15-11-14(13-22)12-20(15,8-4-10-21)19(16,3)9-7-17(18)23/h5-7,14-16,23H,4,8-9,11-12H2,1-3H3/t14-,15+,16?,19+,20-/m1/s1. The van der Waals surface area contributed by atoms with Crippen LogP contribution in [0.2, 0.25) is 0 Å². The molecule has 0 aromatic heterocycles. The van der Waals surface area contributed by atoms with E-state index in [9.17, 15) is 15.6 Å². The van der Waals surface area contributed by atoms with Crippen molar-refractivity contribution in [3.63, 3.8) is 0 Å². The summed E-state index contributed by atoms with van der Waals surface area (Å²) in [4.78, 5) is 0. The van der Waals surface area contributed by atoms with Gasteiger partial charge in [-0.05, 0) is 54.4 Å². The van der Waals surface area contributed by atoms with E-state index in [1.54, 1.807) is 0 Å². The molecule has 0 aliphatic heterocycles. The Hall–Kier alpha value is -1.74. The van der Waals surface area contributed by atoms with Crippen molar-refractivity contribution >= 4 is 0 Å². The van der Waals surface area contributed by atoms with Crippen LogP contribution in [0.1, 0.15) is 52.9 Å². The molecule has 0 bridgehead atoms. The third kappa shape index (κ3) is 1.99. The minimum atomic E-state index is -0.293. The van der Waals surface area contributed by atoms with Gasteiger partial charge in [-0.15, -0.1) is 0 Å². The second-order valence-electron chi connectivity index (χ2n) is 8.48. The van der Waals surface area contributed by atoms with E-state index in [0.29, 0.717) is 18.1 Å². The summed E-state index contributed by atoms with van der Waals surface area (Å²) in [5.41, 5.74) is -0.305. The van der Waals surface area contributed by atoms with Crippen LogP contribution in [-0.4, -0.2) is 5.11 Å². The number of hydrogen-bond acceptors (Lipinski definition) is 3. The second-order valence-corrected chi connectivity index (χ2v) is 8.48. The van der Waals surface area contributed by atoms with Crippen molar-refractivity contribution in [2.75, 3.05) is 0 Å². The monoisotopic (exact) mass is 310 g/mol.